The molecule has 3 nitrogen and oxygen atoms in total. The monoisotopic (exact) mass is 350 g/mol. The standard InChI is InChI=1S/C23H30N2O/c1-4-23(3)15-7-9-20(23)22(26)25(21-10-6-5-8-17(21)2)16-18-11-13-19(24)14-12-18/h5-6,8,10-14,20H,4,7,9,15-16,24H2,1-3H3. The molecule has 1 amide bonds. The Morgan fingerprint density at radius 3 is 2.54 bits per heavy atom. The zero-order valence-corrected chi connectivity index (χ0v) is 16.2. The molecule has 3 heteroatoms. The van der Waals surface area contributed by atoms with Crippen LogP contribution in [-0.4, -0.2) is 5.91 Å². The van der Waals surface area contributed by atoms with Gasteiger partial charge in [-0.15, -0.1) is 0 Å². The van der Waals surface area contributed by atoms with Gasteiger partial charge in [0.1, 0.15) is 0 Å². The molecule has 1 saturated carbocycles. The molecule has 2 N–H and O–H groups in total. The average molecular weight is 351 g/mol. The van der Waals surface area contributed by atoms with Gasteiger partial charge in [-0.1, -0.05) is 50.6 Å². The summed E-state index contributed by atoms with van der Waals surface area (Å²) < 4.78 is 0. The van der Waals surface area contributed by atoms with Gasteiger partial charge in [0.05, 0.1) is 6.54 Å². The zero-order valence-electron chi connectivity index (χ0n) is 16.2. The molecule has 0 aromatic heterocycles. The van der Waals surface area contributed by atoms with Crippen LogP contribution >= 0.6 is 0 Å². The first-order chi connectivity index (χ1) is 12.4. The van der Waals surface area contributed by atoms with Gasteiger partial charge in [0.25, 0.3) is 0 Å². The van der Waals surface area contributed by atoms with Gasteiger partial charge in [-0.25, -0.2) is 0 Å². The number of hydrogen-bond donors (Lipinski definition) is 1. The van der Waals surface area contributed by atoms with E-state index in [0.717, 1.165) is 48.2 Å². The van der Waals surface area contributed by atoms with Crippen molar-refractivity contribution < 1.29 is 4.79 Å². The number of nitrogen functional groups attached to an aromatic ring is 1. The van der Waals surface area contributed by atoms with Crippen molar-refractivity contribution in [2.24, 2.45) is 11.3 Å². The first kappa shape index (κ1) is 18.5. The van der Waals surface area contributed by atoms with Crippen molar-refractivity contribution in [1.29, 1.82) is 0 Å². The second-order valence-corrected chi connectivity index (χ2v) is 7.90. The van der Waals surface area contributed by atoms with E-state index in [-0.39, 0.29) is 17.2 Å². The van der Waals surface area contributed by atoms with Crippen LogP contribution in [0.2, 0.25) is 0 Å². The highest BCUT2D eigenvalue weighted by molar-refractivity contribution is 5.96. The predicted molar refractivity (Wildman–Crippen MR) is 109 cm³/mol. The lowest BCUT2D eigenvalue weighted by Crippen LogP contribution is -2.41. The van der Waals surface area contributed by atoms with Crippen molar-refractivity contribution >= 4 is 17.3 Å². The third-order valence-electron chi connectivity index (χ3n) is 6.18. The van der Waals surface area contributed by atoms with Gasteiger partial charge < -0.3 is 10.6 Å². The van der Waals surface area contributed by atoms with Crippen molar-refractivity contribution in [2.45, 2.75) is 53.0 Å². The molecule has 138 valence electrons. The predicted octanol–water partition coefficient (Wildman–Crippen LogP) is 5.33. The SMILES string of the molecule is CCC1(C)CCCC1C(=O)N(Cc1ccc(N)cc1)c1ccccc1C. The highest BCUT2D eigenvalue weighted by Gasteiger charge is 2.43. The number of carbonyl (C=O) groups excluding carboxylic acids is 1. The highest BCUT2D eigenvalue weighted by Crippen LogP contribution is 2.47. The van der Waals surface area contributed by atoms with Gasteiger partial charge in [0.15, 0.2) is 0 Å². The van der Waals surface area contributed by atoms with Crippen molar-refractivity contribution in [3.8, 4) is 0 Å². The Labute approximate surface area is 157 Å². The number of nitrogens with two attached hydrogens (primary N) is 1. The Bertz CT molecular complexity index is 768. The zero-order chi connectivity index (χ0) is 18.7. The van der Waals surface area contributed by atoms with Crippen LogP contribution in [0.5, 0.6) is 0 Å². The van der Waals surface area contributed by atoms with E-state index in [1.807, 2.05) is 41.3 Å². The second kappa shape index (κ2) is 7.53. The van der Waals surface area contributed by atoms with E-state index in [1.165, 1.54) is 0 Å². The minimum atomic E-state index is 0.0980. The smallest absolute Gasteiger partial charge is 0.230 e. The molecule has 0 bridgehead atoms. The number of anilines is 2. The molecular weight excluding hydrogens is 320 g/mol. The maximum atomic E-state index is 13.6. The van der Waals surface area contributed by atoms with Crippen LogP contribution < -0.4 is 10.6 Å². The molecule has 0 heterocycles. The Morgan fingerprint density at radius 1 is 1.19 bits per heavy atom. The van der Waals surface area contributed by atoms with Crippen molar-refractivity contribution in [3.63, 3.8) is 0 Å². The summed E-state index contributed by atoms with van der Waals surface area (Å²) in [7, 11) is 0. The van der Waals surface area contributed by atoms with Gasteiger partial charge in [-0.05, 0) is 60.9 Å². The quantitative estimate of drug-likeness (QED) is 0.741. The summed E-state index contributed by atoms with van der Waals surface area (Å²) in [4.78, 5) is 15.6. The molecule has 0 radical (unpaired) electrons. The molecular formula is C23H30N2O. The van der Waals surface area contributed by atoms with Crippen LogP contribution in [0.4, 0.5) is 11.4 Å². The van der Waals surface area contributed by atoms with Crippen LogP contribution in [0.15, 0.2) is 48.5 Å². The van der Waals surface area contributed by atoms with Crippen LogP contribution in [0.1, 0.15) is 50.7 Å². The minimum Gasteiger partial charge on any atom is -0.399 e. The van der Waals surface area contributed by atoms with Gasteiger partial charge in [0.2, 0.25) is 5.91 Å². The van der Waals surface area contributed by atoms with E-state index in [4.69, 9.17) is 5.73 Å². The molecule has 2 unspecified atom stereocenters. The Balaban J connectivity index is 1.96. The fourth-order valence-electron chi connectivity index (χ4n) is 4.22. The van der Waals surface area contributed by atoms with E-state index >= 15 is 0 Å². The summed E-state index contributed by atoms with van der Waals surface area (Å²) >= 11 is 0. The lowest BCUT2D eigenvalue weighted by Gasteiger charge is -2.34. The maximum absolute atomic E-state index is 13.6. The van der Waals surface area contributed by atoms with E-state index in [9.17, 15) is 4.79 Å². The molecule has 2 aromatic rings. The van der Waals surface area contributed by atoms with Crippen LogP contribution in [0, 0.1) is 18.3 Å². The molecule has 0 aliphatic heterocycles. The van der Waals surface area contributed by atoms with Gasteiger partial charge >= 0.3 is 0 Å². The maximum Gasteiger partial charge on any atom is 0.230 e. The largest absolute Gasteiger partial charge is 0.399 e. The normalized spacial score (nSPS) is 22.3. The number of carbonyl (C=O) groups is 1. The number of rotatable bonds is 5. The summed E-state index contributed by atoms with van der Waals surface area (Å²) in [5, 5.41) is 0. The Kier molecular flexibility index (Phi) is 5.36. The lowest BCUT2D eigenvalue weighted by atomic mass is 9.76. The van der Waals surface area contributed by atoms with Crippen LogP contribution in [0.3, 0.4) is 0 Å². The number of aryl methyl sites for hydroxylation is 1. The molecule has 0 saturated heterocycles. The topological polar surface area (TPSA) is 46.3 Å². The Hall–Kier alpha value is -2.29. The summed E-state index contributed by atoms with van der Waals surface area (Å²) in [5.41, 5.74) is 9.93. The molecule has 1 aliphatic carbocycles. The van der Waals surface area contributed by atoms with Crippen LogP contribution in [-0.2, 0) is 11.3 Å². The molecule has 1 fully saturated rings. The van der Waals surface area contributed by atoms with E-state index in [2.05, 4.69) is 32.9 Å². The molecule has 0 spiro atoms. The fourth-order valence-corrected chi connectivity index (χ4v) is 4.22. The lowest BCUT2D eigenvalue weighted by molar-refractivity contribution is -0.125. The number of benzene rings is 2. The molecule has 2 aromatic carbocycles. The number of nitrogens with zero attached hydrogens (tertiary/aromatic N) is 1. The molecule has 2 atom stereocenters. The summed E-state index contributed by atoms with van der Waals surface area (Å²) in [6.45, 7) is 7.15. The number of para-hydroxylation sites is 1. The third kappa shape index (κ3) is 3.62. The highest BCUT2D eigenvalue weighted by atomic mass is 16.2. The van der Waals surface area contributed by atoms with E-state index in [1.54, 1.807) is 0 Å². The van der Waals surface area contributed by atoms with Crippen molar-refractivity contribution in [2.75, 3.05) is 10.6 Å². The Morgan fingerprint density at radius 2 is 1.88 bits per heavy atom. The second-order valence-electron chi connectivity index (χ2n) is 7.90. The number of amides is 1. The molecule has 26 heavy (non-hydrogen) atoms. The molecule has 3 rings (SSSR count). The van der Waals surface area contributed by atoms with Gasteiger partial charge in [-0.3, -0.25) is 4.79 Å². The van der Waals surface area contributed by atoms with Gasteiger partial charge in [-0.2, -0.15) is 0 Å². The van der Waals surface area contributed by atoms with E-state index in [0.29, 0.717) is 6.54 Å². The molecule has 1 aliphatic rings. The summed E-state index contributed by atoms with van der Waals surface area (Å²) in [6.07, 6.45) is 4.33. The van der Waals surface area contributed by atoms with E-state index < -0.39 is 0 Å². The van der Waals surface area contributed by atoms with Crippen molar-refractivity contribution in [3.05, 3.63) is 59.7 Å². The number of hydrogen-bond acceptors (Lipinski definition) is 2. The third-order valence-corrected chi connectivity index (χ3v) is 6.18. The minimum absolute atomic E-state index is 0.0980. The van der Waals surface area contributed by atoms with Crippen LogP contribution in [0.25, 0.3) is 0 Å². The summed E-state index contributed by atoms with van der Waals surface area (Å²) in [6, 6.07) is 16.0. The first-order valence-corrected chi connectivity index (χ1v) is 9.66. The van der Waals surface area contributed by atoms with Crippen molar-refractivity contribution in [1.82, 2.24) is 0 Å². The fraction of sp³-hybridized carbons (Fsp3) is 0.435. The summed E-state index contributed by atoms with van der Waals surface area (Å²) in [5.74, 6) is 0.360. The van der Waals surface area contributed by atoms with Gasteiger partial charge in [0, 0.05) is 17.3 Å². The average Bonchev–Trinajstić information content (AvgIpc) is 3.04. The first-order valence-electron chi connectivity index (χ1n) is 9.66.